The van der Waals surface area contributed by atoms with Gasteiger partial charge in [0.2, 0.25) is 10.0 Å². The molecule has 7 nitrogen and oxygen atoms in total. The first-order valence-corrected chi connectivity index (χ1v) is 7.50. The minimum Gasteiger partial charge on any atom is -0.468 e. The summed E-state index contributed by atoms with van der Waals surface area (Å²) in [5.41, 5.74) is 0.211. The number of rotatable bonds is 5. The summed E-state index contributed by atoms with van der Waals surface area (Å²) < 4.78 is 34.7. The third-order valence-corrected chi connectivity index (χ3v) is 5.06. The average Bonchev–Trinajstić information content (AvgIpc) is 2.51. The van der Waals surface area contributed by atoms with E-state index in [0.29, 0.717) is 0 Å². The van der Waals surface area contributed by atoms with E-state index in [9.17, 15) is 18.0 Å². The van der Waals surface area contributed by atoms with Gasteiger partial charge in [-0.2, -0.15) is 0 Å². The van der Waals surface area contributed by atoms with Gasteiger partial charge in [-0.1, -0.05) is 12.1 Å². The van der Waals surface area contributed by atoms with E-state index in [1.165, 1.54) is 33.2 Å². The molecular weight excluding hydrogens is 298 g/mol. The summed E-state index contributed by atoms with van der Waals surface area (Å²) in [5, 5.41) is -1.39. The second-order valence-electron chi connectivity index (χ2n) is 4.19. The normalized spacial score (nSPS) is 12.4. The maximum absolute atomic E-state index is 12.4. The van der Waals surface area contributed by atoms with Crippen molar-refractivity contribution in [2.75, 3.05) is 25.6 Å². The number of hydrogen-bond acceptors (Lipinski definition) is 6. The van der Waals surface area contributed by atoms with Crippen LogP contribution < -0.4 is 4.31 Å². The number of ether oxygens (including phenoxy) is 2. The lowest BCUT2D eigenvalue weighted by molar-refractivity contribution is -0.139. The molecule has 0 amide bonds. The first kappa shape index (κ1) is 17.0. The van der Waals surface area contributed by atoms with Crippen LogP contribution in [0.2, 0.25) is 0 Å². The Morgan fingerprint density at radius 1 is 1.14 bits per heavy atom. The van der Waals surface area contributed by atoms with Crippen LogP contribution in [0.5, 0.6) is 0 Å². The van der Waals surface area contributed by atoms with Crippen molar-refractivity contribution in [3.63, 3.8) is 0 Å². The van der Waals surface area contributed by atoms with E-state index in [1.54, 1.807) is 12.1 Å². The molecule has 0 aromatic heterocycles. The fraction of sp³-hybridized carbons (Fsp3) is 0.385. The quantitative estimate of drug-likeness (QED) is 0.747. The van der Waals surface area contributed by atoms with Crippen LogP contribution in [0.25, 0.3) is 0 Å². The van der Waals surface area contributed by atoms with Gasteiger partial charge < -0.3 is 9.47 Å². The topological polar surface area (TPSA) is 90.0 Å². The van der Waals surface area contributed by atoms with Gasteiger partial charge in [0.25, 0.3) is 0 Å². The van der Waals surface area contributed by atoms with Crippen molar-refractivity contribution in [1.82, 2.24) is 0 Å². The van der Waals surface area contributed by atoms with E-state index in [-0.39, 0.29) is 11.3 Å². The lowest BCUT2D eigenvalue weighted by atomic mass is 10.2. The zero-order valence-electron chi connectivity index (χ0n) is 12.2. The van der Waals surface area contributed by atoms with Gasteiger partial charge in [-0.05, 0) is 19.1 Å². The Balaban J connectivity index is 3.29. The molecule has 0 saturated carbocycles. The molecule has 1 aromatic carbocycles. The predicted molar refractivity (Wildman–Crippen MR) is 76.6 cm³/mol. The summed E-state index contributed by atoms with van der Waals surface area (Å²) in [4.78, 5) is 23.1. The van der Waals surface area contributed by atoms with Gasteiger partial charge in [0, 0.05) is 7.05 Å². The molecule has 0 aliphatic heterocycles. The predicted octanol–water partition coefficient (Wildman–Crippen LogP) is 0.801. The first-order valence-electron chi connectivity index (χ1n) is 6.00. The molecule has 1 unspecified atom stereocenters. The lowest BCUT2D eigenvalue weighted by Crippen LogP contribution is -2.40. The number of para-hydroxylation sites is 1. The summed E-state index contributed by atoms with van der Waals surface area (Å²) in [5.74, 6) is -1.55. The second-order valence-corrected chi connectivity index (χ2v) is 6.47. The molecule has 116 valence electrons. The molecule has 0 N–H and O–H groups in total. The van der Waals surface area contributed by atoms with Gasteiger partial charge >= 0.3 is 11.9 Å². The Kier molecular flexibility index (Phi) is 5.31. The number of sulfonamides is 1. The average molecular weight is 315 g/mol. The zero-order chi connectivity index (χ0) is 16.2. The maximum Gasteiger partial charge on any atom is 0.340 e. The van der Waals surface area contributed by atoms with Gasteiger partial charge in [-0.15, -0.1) is 0 Å². The SMILES string of the molecule is COC(=O)c1ccccc1N(C)S(=O)(=O)C(C)C(=O)OC. The molecule has 0 aliphatic rings. The van der Waals surface area contributed by atoms with Crippen molar-refractivity contribution in [3.05, 3.63) is 29.8 Å². The highest BCUT2D eigenvalue weighted by molar-refractivity contribution is 7.94. The summed E-state index contributed by atoms with van der Waals surface area (Å²) in [6, 6.07) is 6.06. The number of carbonyl (C=O) groups is 2. The van der Waals surface area contributed by atoms with Crippen LogP contribution in [-0.2, 0) is 24.3 Å². The largest absolute Gasteiger partial charge is 0.468 e. The monoisotopic (exact) mass is 315 g/mol. The highest BCUT2D eigenvalue weighted by Gasteiger charge is 2.34. The van der Waals surface area contributed by atoms with Gasteiger partial charge in [0.05, 0.1) is 25.5 Å². The van der Waals surface area contributed by atoms with Crippen LogP contribution in [0.3, 0.4) is 0 Å². The molecule has 0 bridgehead atoms. The number of hydrogen-bond donors (Lipinski definition) is 0. The molecule has 1 aromatic rings. The summed E-state index contributed by atoms with van der Waals surface area (Å²) in [7, 11) is -0.449. The van der Waals surface area contributed by atoms with E-state index in [4.69, 9.17) is 0 Å². The fourth-order valence-electron chi connectivity index (χ4n) is 1.69. The van der Waals surface area contributed by atoms with Crippen LogP contribution in [0.4, 0.5) is 5.69 Å². The van der Waals surface area contributed by atoms with Gasteiger partial charge in [-0.25, -0.2) is 13.2 Å². The van der Waals surface area contributed by atoms with E-state index >= 15 is 0 Å². The van der Waals surface area contributed by atoms with Crippen LogP contribution >= 0.6 is 0 Å². The highest BCUT2D eigenvalue weighted by Crippen LogP contribution is 2.24. The summed E-state index contributed by atoms with van der Waals surface area (Å²) in [6.07, 6.45) is 0. The number of anilines is 1. The van der Waals surface area contributed by atoms with Crippen molar-refractivity contribution in [3.8, 4) is 0 Å². The summed E-state index contributed by atoms with van der Waals surface area (Å²) >= 11 is 0. The van der Waals surface area contributed by atoms with Gasteiger partial charge in [-0.3, -0.25) is 9.10 Å². The Bertz CT molecular complexity index is 640. The molecule has 0 spiro atoms. The Hall–Kier alpha value is -2.09. The maximum atomic E-state index is 12.4. The van der Waals surface area contributed by atoms with Crippen LogP contribution in [0.15, 0.2) is 24.3 Å². The Labute approximate surface area is 123 Å². The van der Waals surface area contributed by atoms with Gasteiger partial charge in [0.15, 0.2) is 5.25 Å². The minimum atomic E-state index is -4.02. The molecule has 0 heterocycles. The van der Waals surface area contributed by atoms with E-state index in [2.05, 4.69) is 9.47 Å². The van der Waals surface area contributed by atoms with Crippen molar-refractivity contribution in [1.29, 1.82) is 0 Å². The Morgan fingerprint density at radius 2 is 1.71 bits per heavy atom. The molecular formula is C13H17NO6S. The molecule has 1 rings (SSSR count). The fourth-order valence-corrected chi connectivity index (χ4v) is 2.94. The third kappa shape index (κ3) is 3.33. The van der Waals surface area contributed by atoms with Crippen molar-refractivity contribution in [2.24, 2.45) is 0 Å². The molecule has 21 heavy (non-hydrogen) atoms. The van der Waals surface area contributed by atoms with E-state index in [1.807, 2.05) is 0 Å². The number of carbonyl (C=O) groups excluding carboxylic acids is 2. The lowest BCUT2D eigenvalue weighted by Gasteiger charge is -2.24. The number of methoxy groups -OCH3 is 2. The molecule has 8 heteroatoms. The zero-order valence-corrected chi connectivity index (χ0v) is 13.0. The molecule has 1 atom stereocenters. The van der Waals surface area contributed by atoms with Crippen LogP contribution in [0, 0.1) is 0 Å². The minimum absolute atomic E-state index is 0.0862. The van der Waals surface area contributed by atoms with Crippen molar-refractivity contribution >= 4 is 27.6 Å². The van der Waals surface area contributed by atoms with Crippen LogP contribution in [-0.4, -0.2) is 46.9 Å². The molecule has 0 radical (unpaired) electrons. The molecule has 0 aliphatic carbocycles. The number of nitrogens with zero attached hydrogens (tertiary/aromatic N) is 1. The van der Waals surface area contributed by atoms with Crippen molar-refractivity contribution < 1.29 is 27.5 Å². The molecule has 0 saturated heterocycles. The third-order valence-electron chi connectivity index (χ3n) is 3.01. The van der Waals surface area contributed by atoms with E-state index in [0.717, 1.165) is 11.4 Å². The Morgan fingerprint density at radius 3 is 2.24 bits per heavy atom. The number of benzene rings is 1. The van der Waals surface area contributed by atoms with Gasteiger partial charge in [0.1, 0.15) is 0 Å². The smallest absolute Gasteiger partial charge is 0.340 e. The first-order chi connectivity index (χ1) is 9.77. The standard InChI is InChI=1S/C13H17NO6S/c1-9(12(15)19-3)21(17,18)14(2)11-8-6-5-7-10(11)13(16)20-4/h5-9H,1-4H3. The highest BCUT2D eigenvalue weighted by atomic mass is 32.2. The van der Waals surface area contributed by atoms with Crippen molar-refractivity contribution in [2.45, 2.75) is 12.2 Å². The second kappa shape index (κ2) is 6.57. The van der Waals surface area contributed by atoms with Crippen LogP contribution in [0.1, 0.15) is 17.3 Å². The number of esters is 2. The van der Waals surface area contributed by atoms with E-state index < -0.39 is 27.2 Å². The summed E-state index contributed by atoms with van der Waals surface area (Å²) in [6.45, 7) is 1.22. The molecule has 0 fully saturated rings.